The minimum Gasteiger partial charge on any atom is -0.494 e. The molecule has 0 aliphatic heterocycles. The Hall–Kier alpha value is -1.55. The molecule has 1 rings (SSSR count). The van der Waals surface area contributed by atoms with Crippen LogP contribution in [0.2, 0.25) is 0 Å². The van der Waals surface area contributed by atoms with Crippen molar-refractivity contribution in [1.29, 1.82) is 0 Å². The number of rotatable bonds is 4. The molecule has 0 radical (unpaired) electrons. The van der Waals surface area contributed by atoms with Crippen LogP contribution in [0, 0.1) is 0 Å². The van der Waals surface area contributed by atoms with E-state index in [-0.39, 0.29) is 0 Å². The van der Waals surface area contributed by atoms with Crippen LogP contribution in [0.5, 0.6) is 5.75 Å². The van der Waals surface area contributed by atoms with E-state index in [1.54, 1.807) is 24.3 Å². The van der Waals surface area contributed by atoms with Gasteiger partial charge in [-0.05, 0) is 31.5 Å². The van der Waals surface area contributed by atoms with Crippen LogP contribution in [0.1, 0.15) is 19.4 Å². The molecule has 1 aromatic carbocycles. The number of hydrogen-bond acceptors (Lipinski definition) is 3. The third kappa shape index (κ3) is 2.47. The van der Waals surface area contributed by atoms with Crippen molar-refractivity contribution < 1.29 is 14.6 Å². The van der Waals surface area contributed by atoms with Crippen LogP contribution >= 0.6 is 0 Å². The van der Waals surface area contributed by atoms with Crippen molar-refractivity contribution in [3.63, 3.8) is 0 Å². The quantitative estimate of drug-likeness (QED) is 0.785. The summed E-state index contributed by atoms with van der Waals surface area (Å²) in [6.07, 6.45) is 0. The lowest BCUT2D eigenvalue weighted by Gasteiger charge is -2.20. The summed E-state index contributed by atoms with van der Waals surface area (Å²) in [5.74, 6) is -0.427. The number of ether oxygens (including phenoxy) is 1. The van der Waals surface area contributed by atoms with Crippen LogP contribution in [0.25, 0.3) is 0 Å². The fraction of sp³-hybridized carbons (Fsp3) is 0.364. The molecule has 0 saturated carbocycles. The number of carbonyl (C=O) groups is 1. The lowest BCUT2D eigenvalue weighted by Crippen LogP contribution is -2.41. The summed E-state index contributed by atoms with van der Waals surface area (Å²) in [6, 6.07) is 6.83. The lowest BCUT2D eigenvalue weighted by molar-refractivity contribution is -0.143. The summed E-state index contributed by atoms with van der Waals surface area (Å²) in [6.45, 7) is 3.86. The van der Waals surface area contributed by atoms with Crippen LogP contribution in [-0.2, 0) is 10.3 Å². The van der Waals surface area contributed by atoms with Gasteiger partial charge in [-0.2, -0.15) is 0 Å². The summed E-state index contributed by atoms with van der Waals surface area (Å²) >= 11 is 0. The maximum atomic E-state index is 10.9. The molecule has 0 aliphatic rings. The normalized spacial score (nSPS) is 14.3. The van der Waals surface area contributed by atoms with Gasteiger partial charge in [0.2, 0.25) is 0 Å². The van der Waals surface area contributed by atoms with Gasteiger partial charge >= 0.3 is 5.97 Å². The molecule has 3 N–H and O–H groups in total. The average molecular weight is 209 g/mol. The van der Waals surface area contributed by atoms with E-state index in [1.807, 2.05) is 6.92 Å². The molecule has 0 spiro atoms. The highest BCUT2D eigenvalue weighted by molar-refractivity contribution is 5.80. The zero-order valence-electron chi connectivity index (χ0n) is 8.86. The van der Waals surface area contributed by atoms with Gasteiger partial charge in [0.1, 0.15) is 11.3 Å². The SMILES string of the molecule is CCOc1cccc(C(C)(N)C(=O)O)c1. The molecule has 0 amide bonds. The number of carboxylic acid groups (broad SMARTS) is 1. The Morgan fingerprint density at radius 3 is 2.80 bits per heavy atom. The van der Waals surface area contributed by atoms with Crippen molar-refractivity contribution in [2.75, 3.05) is 6.61 Å². The van der Waals surface area contributed by atoms with E-state index in [0.29, 0.717) is 17.9 Å². The van der Waals surface area contributed by atoms with Crippen molar-refractivity contribution in [3.05, 3.63) is 29.8 Å². The Balaban J connectivity index is 3.04. The largest absolute Gasteiger partial charge is 0.494 e. The highest BCUT2D eigenvalue weighted by atomic mass is 16.5. The van der Waals surface area contributed by atoms with Crippen molar-refractivity contribution >= 4 is 5.97 Å². The van der Waals surface area contributed by atoms with Crippen LogP contribution in [-0.4, -0.2) is 17.7 Å². The standard InChI is InChI=1S/C11H15NO3/c1-3-15-9-6-4-5-8(7-9)11(2,12)10(13)14/h4-7H,3,12H2,1-2H3,(H,13,14). The van der Waals surface area contributed by atoms with E-state index in [0.717, 1.165) is 0 Å². The smallest absolute Gasteiger partial charge is 0.328 e. The van der Waals surface area contributed by atoms with Crippen molar-refractivity contribution in [3.8, 4) is 5.75 Å². The van der Waals surface area contributed by atoms with Crippen molar-refractivity contribution in [2.45, 2.75) is 19.4 Å². The van der Waals surface area contributed by atoms with Crippen LogP contribution in [0.4, 0.5) is 0 Å². The van der Waals surface area contributed by atoms with Gasteiger partial charge in [-0.1, -0.05) is 12.1 Å². The Morgan fingerprint density at radius 1 is 1.60 bits per heavy atom. The summed E-state index contributed by atoms with van der Waals surface area (Å²) in [5.41, 5.74) is 4.84. The summed E-state index contributed by atoms with van der Waals surface area (Å²) in [7, 11) is 0. The molecule has 1 aromatic rings. The van der Waals surface area contributed by atoms with Gasteiger partial charge in [0, 0.05) is 0 Å². The molecule has 0 saturated heterocycles. The number of hydrogen-bond donors (Lipinski definition) is 2. The monoisotopic (exact) mass is 209 g/mol. The van der Waals surface area contributed by atoms with Gasteiger partial charge in [0.15, 0.2) is 0 Å². The van der Waals surface area contributed by atoms with E-state index >= 15 is 0 Å². The first-order valence-corrected chi connectivity index (χ1v) is 4.74. The molecule has 1 unspecified atom stereocenters. The van der Waals surface area contributed by atoms with Gasteiger partial charge in [-0.25, -0.2) is 4.79 Å². The predicted octanol–water partition coefficient (Wildman–Crippen LogP) is 1.34. The first-order chi connectivity index (χ1) is 6.98. The second kappa shape index (κ2) is 4.31. The minimum atomic E-state index is -1.38. The molecule has 0 aromatic heterocycles. The predicted molar refractivity (Wildman–Crippen MR) is 56.8 cm³/mol. The van der Waals surface area contributed by atoms with E-state index in [1.165, 1.54) is 6.92 Å². The summed E-state index contributed by atoms with van der Waals surface area (Å²) in [4.78, 5) is 10.9. The zero-order valence-corrected chi connectivity index (χ0v) is 8.86. The molecule has 4 heteroatoms. The zero-order chi connectivity index (χ0) is 11.5. The number of aliphatic carboxylic acids is 1. The first-order valence-electron chi connectivity index (χ1n) is 4.74. The molecule has 4 nitrogen and oxygen atoms in total. The van der Waals surface area contributed by atoms with E-state index < -0.39 is 11.5 Å². The molecular formula is C11H15NO3. The van der Waals surface area contributed by atoms with Gasteiger partial charge in [-0.3, -0.25) is 0 Å². The van der Waals surface area contributed by atoms with Crippen LogP contribution in [0.3, 0.4) is 0 Å². The van der Waals surface area contributed by atoms with Crippen molar-refractivity contribution in [1.82, 2.24) is 0 Å². The molecule has 0 bridgehead atoms. The second-order valence-corrected chi connectivity index (χ2v) is 3.47. The highest BCUT2D eigenvalue weighted by Gasteiger charge is 2.30. The topological polar surface area (TPSA) is 72.5 Å². The number of carboxylic acids is 1. The second-order valence-electron chi connectivity index (χ2n) is 3.47. The third-order valence-corrected chi connectivity index (χ3v) is 2.19. The third-order valence-electron chi connectivity index (χ3n) is 2.19. The van der Waals surface area contributed by atoms with Gasteiger partial charge in [-0.15, -0.1) is 0 Å². The Kier molecular flexibility index (Phi) is 3.31. The highest BCUT2D eigenvalue weighted by Crippen LogP contribution is 2.22. The first kappa shape index (κ1) is 11.5. The number of benzene rings is 1. The molecule has 15 heavy (non-hydrogen) atoms. The number of nitrogens with two attached hydrogens (primary N) is 1. The fourth-order valence-electron chi connectivity index (χ4n) is 1.20. The summed E-state index contributed by atoms with van der Waals surface area (Å²) in [5, 5.41) is 8.95. The Morgan fingerprint density at radius 2 is 2.27 bits per heavy atom. The maximum absolute atomic E-state index is 10.9. The fourth-order valence-corrected chi connectivity index (χ4v) is 1.20. The van der Waals surface area contributed by atoms with Crippen LogP contribution in [0.15, 0.2) is 24.3 Å². The molecule has 0 fully saturated rings. The van der Waals surface area contributed by atoms with Gasteiger partial charge in [0.25, 0.3) is 0 Å². The van der Waals surface area contributed by atoms with Gasteiger partial charge in [0.05, 0.1) is 6.61 Å². The van der Waals surface area contributed by atoms with Crippen molar-refractivity contribution in [2.24, 2.45) is 5.73 Å². The van der Waals surface area contributed by atoms with E-state index in [4.69, 9.17) is 15.6 Å². The van der Waals surface area contributed by atoms with E-state index in [2.05, 4.69) is 0 Å². The molecule has 0 heterocycles. The molecule has 82 valence electrons. The maximum Gasteiger partial charge on any atom is 0.328 e. The Labute approximate surface area is 88.7 Å². The summed E-state index contributed by atoms with van der Waals surface area (Å²) < 4.78 is 5.27. The molecule has 1 atom stereocenters. The average Bonchev–Trinajstić information content (AvgIpc) is 2.18. The lowest BCUT2D eigenvalue weighted by atomic mass is 9.93. The van der Waals surface area contributed by atoms with E-state index in [9.17, 15) is 4.79 Å². The van der Waals surface area contributed by atoms with Gasteiger partial charge < -0.3 is 15.6 Å². The molecule has 0 aliphatic carbocycles. The Bertz CT molecular complexity index is 361. The van der Waals surface area contributed by atoms with Crippen LogP contribution < -0.4 is 10.5 Å². The molecular weight excluding hydrogens is 194 g/mol. The minimum absolute atomic E-state index is 0.529.